The number of hydrogen-bond donors (Lipinski definition) is 1. The molecule has 4 aromatic rings. The molecule has 2 heterocycles. The number of hydrogen-bond acceptors (Lipinski definition) is 4. The molecule has 39 heavy (non-hydrogen) atoms. The van der Waals surface area contributed by atoms with E-state index in [4.69, 9.17) is 4.74 Å². The van der Waals surface area contributed by atoms with Gasteiger partial charge in [0.2, 0.25) is 0 Å². The maximum Gasteiger partial charge on any atom is 0.410 e. The molecule has 1 aromatic heterocycles. The molecule has 1 aliphatic carbocycles. The minimum atomic E-state index is -0.994. The van der Waals surface area contributed by atoms with Gasteiger partial charge in [-0.3, -0.25) is 0 Å². The molecule has 6 nitrogen and oxygen atoms in total. The van der Waals surface area contributed by atoms with E-state index in [-0.39, 0.29) is 17.8 Å². The molecule has 7 heteroatoms. The number of aromatic nitrogens is 2. The summed E-state index contributed by atoms with van der Waals surface area (Å²) in [7, 11) is 0. The predicted octanol–water partition coefficient (Wildman–Crippen LogP) is 6.26. The van der Waals surface area contributed by atoms with E-state index in [0.717, 1.165) is 33.3 Å². The lowest BCUT2D eigenvalue weighted by atomic mass is 9.72. The first-order valence-corrected chi connectivity index (χ1v) is 13.5. The number of rotatable bonds is 3. The van der Waals surface area contributed by atoms with Crippen molar-refractivity contribution in [1.29, 1.82) is 0 Å². The molecule has 1 aliphatic heterocycles. The van der Waals surface area contributed by atoms with Crippen molar-refractivity contribution in [2.24, 2.45) is 5.92 Å². The van der Waals surface area contributed by atoms with Crippen LogP contribution in [0.15, 0.2) is 72.9 Å². The smallest absolute Gasteiger partial charge is 0.410 e. The quantitative estimate of drug-likeness (QED) is 0.342. The Hall–Kier alpha value is -3.71. The van der Waals surface area contributed by atoms with Crippen LogP contribution < -0.4 is 0 Å². The lowest BCUT2D eigenvalue weighted by Gasteiger charge is -2.34. The predicted molar refractivity (Wildman–Crippen MR) is 148 cm³/mol. The van der Waals surface area contributed by atoms with Gasteiger partial charge in [-0.15, -0.1) is 0 Å². The van der Waals surface area contributed by atoms with Crippen LogP contribution in [-0.2, 0) is 15.8 Å². The average molecular weight is 528 g/mol. The number of amides is 1. The number of aryl methyl sites for hydroxylation is 1. The molecule has 2 aliphatic rings. The van der Waals surface area contributed by atoms with Crippen LogP contribution in [0.25, 0.3) is 16.6 Å². The fourth-order valence-electron chi connectivity index (χ4n) is 6.77. The van der Waals surface area contributed by atoms with Gasteiger partial charge in [0.25, 0.3) is 0 Å². The van der Waals surface area contributed by atoms with E-state index in [1.54, 1.807) is 12.1 Å². The number of benzene rings is 3. The first-order chi connectivity index (χ1) is 18.5. The molecule has 1 saturated heterocycles. The summed E-state index contributed by atoms with van der Waals surface area (Å²) in [6, 6.07) is 20.4. The number of nitrogens with zero attached hydrogens (tertiary/aromatic N) is 3. The molecule has 1 N–H and O–H groups in total. The Morgan fingerprint density at radius 2 is 1.82 bits per heavy atom. The molecule has 0 radical (unpaired) electrons. The maximum atomic E-state index is 13.5. The Balaban J connectivity index is 1.44. The third kappa shape index (κ3) is 4.39. The van der Waals surface area contributed by atoms with Gasteiger partial charge in [0, 0.05) is 23.9 Å². The lowest BCUT2D eigenvalue weighted by Crippen LogP contribution is -2.40. The average Bonchev–Trinajstić information content (AvgIpc) is 3.53. The highest BCUT2D eigenvalue weighted by molar-refractivity contribution is 5.83. The van der Waals surface area contributed by atoms with Gasteiger partial charge >= 0.3 is 6.09 Å². The first kappa shape index (κ1) is 25.6. The van der Waals surface area contributed by atoms with Crippen molar-refractivity contribution >= 4 is 17.0 Å². The van der Waals surface area contributed by atoms with Gasteiger partial charge in [0.15, 0.2) is 0 Å². The number of carbonyl (C=O) groups excluding carboxylic acids is 1. The third-order valence-electron chi connectivity index (χ3n) is 8.37. The summed E-state index contributed by atoms with van der Waals surface area (Å²) >= 11 is 0. The van der Waals surface area contributed by atoms with Gasteiger partial charge in [0.1, 0.15) is 11.4 Å². The second kappa shape index (κ2) is 8.91. The van der Waals surface area contributed by atoms with Gasteiger partial charge in [-0.25, -0.2) is 13.9 Å². The summed E-state index contributed by atoms with van der Waals surface area (Å²) in [5.74, 6) is -0.236. The van der Waals surface area contributed by atoms with Crippen LogP contribution in [0.2, 0.25) is 0 Å². The van der Waals surface area contributed by atoms with Crippen molar-refractivity contribution < 1.29 is 19.0 Å². The fourth-order valence-corrected chi connectivity index (χ4v) is 6.77. The molecule has 3 unspecified atom stereocenters. The Morgan fingerprint density at radius 3 is 2.51 bits per heavy atom. The molecular formula is C32H34FN3O3. The molecule has 0 spiro atoms. The lowest BCUT2D eigenvalue weighted by molar-refractivity contribution is 0.0138. The van der Waals surface area contributed by atoms with Crippen molar-refractivity contribution in [3.8, 4) is 5.69 Å². The summed E-state index contributed by atoms with van der Waals surface area (Å²) in [5.41, 5.74) is 2.78. The van der Waals surface area contributed by atoms with Crippen LogP contribution in [0.4, 0.5) is 9.18 Å². The molecule has 2 fully saturated rings. The van der Waals surface area contributed by atoms with E-state index in [9.17, 15) is 14.3 Å². The van der Waals surface area contributed by atoms with Gasteiger partial charge in [-0.05, 0) is 99.5 Å². The van der Waals surface area contributed by atoms with Crippen LogP contribution in [0.5, 0.6) is 0 Å². The summed E-state index contributed by atoms with van der Waals surface area (Å²) < 4.78 is 21.1. The third-order valence-corrected chi connectivity index (χ3v) is 8.37. The number of carbonyl (C=O) groups is 1. The van der Waals surface area contributed by atoms with E-state index < -0.39 is 16.6 Å². The molecule has 0 bridgehead atoms. The Bertz CT molecular complexity index is 1540. The summed E-state index contributed by atoms with van der Waals surface area (Å²) in [6.45, 7) is 8.71. The zero-order valence-electron chi connectivity index (χ0n) is 22.8. The molecule has 3 atom stereocenters. The second-order valence-corrected chi connectivity index (χ2v) is 12.3. The molecule has 1 saturated carbocycles. The van der Waals surface area contributed by atoms with Crippen molar-refractivity contribution in [3.63, 3.8) is 0 Å². The van der Waals surface area contributed by atoms with Crippen molar-refractivity contribution in [2.45, 2.75) is 57.2 Å². The second-order valence-electron chi connectivity index (χ2n) is 12.3. The van der Waals surface area contributed by atoms with Gasteiger partial charge in [-0.2, -0.15) is 5.10 Å². The Labute approximate surface area is 228 Å². The zero-order chi connectivity index (χ0) is 27.6. The molecular weight excluding hydrogens is 493 g/mol. The van der Waals surface area contributed by atoms with Gasteiger partial charge in [-0.1, -0.05) is 30.3 Å². The molecule has 202 valence electrons. The highest BCUT2D eigenvalue weighted by atomic mass is 19.1. The maximum absolute atomic E-state index is 13.5. The van der Waals surface area contributed by atoms with Crippen LogP contribution in [0, 0.1) is 18.7 Å². The number of aliphatic hydroxyl groups is 1. The highest BCUT2D eigenvalue weighted by Gasteiger charge is 2.60. The molecule has 1 amide bonds. The van der Waals surface area contributed by atoms with Crippen molar-refractivity contribution in [1.82, 2.24) is 14.7 Å². The summed E-state index contributed by atoms with van der Waals surface area (Å²) in [4.78, 5) is 15.0. The summed E-state index contributed by atoms with van der Waals surface area (Å²) in [6.07, 6.45) is 2.57. The topological polar surface area (TPSA) is 67.6 Å². The van der Waals surface area contributed by atoms with E-state index >= 15 is 0 Å². The number of ether oxygens (including phenoxy) is 1. The molecule has 3 aromatic carbocycles. The van der Waals surface area contributed by atoms with Crippen LogP contribution >= 0.6 is 0 Å². The van der Waals surface area contributed by atoms with E-state index in [2.05, 4.69) is 24.2 Å². The minimum Gasteiger partial charge on any atom is -0.444 e. The Kier molecular flexibility index (Phi) is 5.84. The minimum absolute atomic E-state index is 0.0542. The van der Waals surface area contributed by atoms with Crippen molar-refractivity contribution in [3.05, 3.63) is 95.4 Å². The van der Waals surface area contributed by atoms with Gasteiger partial charge in [0.05, 0.1) is 23.0 Å². The molecule has 6 rings (SSSR count). The largest absolute Gasteiger partial charge is 0.444 e. The fraction of sp³-hybridized carbons (Fsp3) is 0.375. The normalized spacial score (nSPS) is 24.8. The first-order valence-electron chi connectivity index (χ1n) is 13.5. The van der Waals surface area contributed by atoms with E-state index in [1.165, 1.54) is 12.1 Å². The van der Waals surface area contributed by atoms with E-state index in [0.29, 0.717) is 25.9 Å². The standard InChI is InChI=1S/C32H34FN3O3/c1-21-14-28-22(17-34-36(28)26-12-10-25(33)11-13-26)15-27(21)31-19-32(38,23-8-6-5-7-9-23)16-24(31)18-35(20-31)29(37)39-30(2,3)4/h5-15,17,24,38H,16,18-20H2,1-4H3. The highest BCUT2D eigenvalue weighted by Crippen LogP contribution is 2.58. The number of likely N-dealkylation sites (tertiary alicyclic amines) is 1. The monoisotopic (exact) mass is 527 g/mol. The van der Waals surface area contributed by atoms with Gasteiger partial charge < -0.3 is 14.7 Å². The van der Waals surface area contributed by atoms with Crippen LogP contribution in [0.3, 0.4) is 0 Å². The van der Waals surface area contributed by atoms with Crippen LogP contribution in [-0.4, -0.2) is 44.6 Å². The zero-order valence-corrected chi connectivity index (χ0v) is 22.8. The van der Waals surface area contributed by atoms with Crippen LogP contribution in [0.1, 0.15) is 50.3 Å². The summed E-state index contributed by atoms with van der Waals surface area (Å²) in [5, 5.41) is 17.6. The SMILES string of the molecule is Cc1cc2c(cnn2-c2ccc(F)cc2)cc1C12CN(C(=O)OC(C)(C)C)CC1CC(O)(c1ccccc1)C2. The van der Waals surface area contributed by atoms with Crippen molar-refractivity contribution in [2.75, 3.05) is 13.1 Å². The number of halogens is 1. The van der Waals surface area contributed by atoms with E-state index in [1.807, 2.05) is 66.9 Å². The Morgan fingerprint density at radius 1 is 1.10 bits per heavy atom. The number of fused-ring (bicyclic) bond motifs is 2.